The zero-order valence-electron chi connectivity index (χ0n) is 19.7. The van der Waals surface area contributed by atoms with Crippen LogP contribution >= 0.6 is 56.9 Å². The van der Waals surface area contributed by atoms with Crippen molar-refractivity contribution in [3.63, 3.8) is 0 Å². The second-order valence-corrected chi connectivity index (χ2v) is 11.0. The van der Waals surface area contributed by atoms with Gasteiger partial charge in [0.05, 0.1) is 17.8 Å². The summed E-state index contributed by atoms with van der Waals surface area (Å²) >= 11 is 5.35. The fourth-order valence-electron chi connectivity index (χ4n) is 3.31. The summed E-state index contributed by atoms with van der Waals surface area (Å²) in [5.41, 5.74) is 2.37. The van der Waals surface area contributed by atoms with Gasteiger partial charge in [-0.05, 0) is 92.8 Å². The number of aromatic nitrogens is 3. The summed E-state index contributed by atoms with van der Waals surface area (Å²) in [5, 5.41) is 17.3. The summed E-state index contributed by atoms with van der Waals surface area (Å²) < 4.78 is 18.6. The number of H-pyrrole nitrogens is 1. The number of thioether (sulfide) groups is 1. The maximum absolute atomic E-state index is 12.2. The minimum absolute atomic E-state index is 0.0520. The number of rotatable bonds is 10. The zero-order chi connectivity index (χ0) is 26.4. The average Bonchev–Trinajstić information content (AvgIpc) is 3.36. The third kappa shape index (κ3) is 7.17. The lowest BCUT2D eigenvalue weighted by Gasteiger charge is -2.13. The summed E-state index contributed by atoms with van der Waals surface area (Å²) in [6.07, 6.45) is 1.59. The number of ether oxygens (including phenoxy) is 3. The van der Waals surface area contributed by atoms with Crippen LogP contribution in [-0.2, 0) is 11.4 Å². The minimum atomic E-state index is -1.10. The number of carboxylic acids is 1. The van der Waals surface area contributed by atoms with E-state index in [4.69, 9.17) is 14.2 Å². The Balaban J connectivity index is 1.62. The van der Waals surface area contributed by atoms with Gasteiger partial charge in [-0.25, -0.2) is 9.78 Å². The first kappa shape index (κ1) is 27.3. The summed E-state index contributed by atoms with van der Waals surface area (Å²) in [6.45, 7) is 0.363. The van der Waals surface area contributed by atoms with Crippen molar-refractivity contribution in [2.45, 2.75) is 11.8 Å². The molecule has 0 aliphatic heterocycles. The number of aliphatic carboxylic acids is 1. The quantitative estimate of drug-likeness (QED) is 0.108. The molecule has 0 aliphatic carbocycles. The number of halogens is 2. The maximum Gasteiger partial charge on any atom is 0.342 e. The van der Waals surface area contributed by atoms with E-state index in [2.05, 4.69) is 60.4 Å². The van der Waals surface area contributed by atoms with Gasteiger partial charge in [-0.15, -0.1) is 5.10 Å². The van der Waals surface area contributed by atoms with Gasteiger partial charge in [-0.3, -0.25) is 5.10 Å². The van der Waals surface area contributed by atoms with Gasteiger partial charge in [0.2, 0.25) is 5.16 Å². The van der Waals surface area contributed by atoms with Crippen molar-refractivity contribution in [1.82, 2.24) is 15.2 Å². The molecular formula is C26H21I2N3O5S. The zero-order valence-corrected chi connectivity index (χ0v) is 24.8. The van der Waals surface area contributed by atoms with E-state index in [-0.39, 0.29) is 10.1 Å². The average molecular weight is 741 g/mol. The Bertz CT molecular complexity index is 1420. The molecule has 11 heteroatoms. The third-order valence-electron chi connectivity index (χ3n) is 5.05. The molecule has 0 spiro atoms. The first-order valence-corrected chi connectivity index (χ1v) is 13.8. The molecule has 0 fully saturated rings. The van der Waals surface area contributed by atoms with E-state index in [1.54, 1.807) is 38.5 Å². The van der Waals surface area contributed by atoms with Crippen LogP contribution in [0.4, 0.5) is 0 Å². The summed E-state index contributed by atoms with van der Waals surface area (Å²) in [6, 6.07) is 19.0. The smallest absolute Gasteiger partial charge is 0.342 e. The van der Waals surface area contributed by atoms with E-state index in [1.807, 2.05) is 42.5 Å². The lowest BCUT2D eigenvalue weighted by molar-refractivity contribution is -0.131. The Kier molecular flexibility index (Phi) is 9.32. The number of carboxylic acid groups (broad SMARTS) is 1. The van der Waals surface area contributed by atoms with Gasteiger partial charge in [0, 0.05) is 20.8 Å². The SMILES string of the molecule is COc1cc(OC)cc(-c2nc(S/C(=C\c3cc(I)cc(I)c3OCc3ccccc3)C(=O)O)n[nH]2)c1. The number of methoxy groups -OCH3 is 2. The van der Waals surface area contributed by atoms with E-state index >= 15 is 0 Å². The molecule has 2 N–H and O–H groups in total. The molecule has 0 bridgehead atoms. The Morgan fingerprint density at radius 3 is 2.41 bits per heavy atom. The van der Waals surface area contributed by atoms with Crippen molar-refractivity contribution in [2.24, 2.45) is 0 Å². The van der Waals surface area contributed by atoms with Crippen molar-refractivity contribution in [2.75, 3.05) is 14.2 Å². The molecule has 190 valence electrons. The molecule has 0 saturated heterocycles. The van der Waals surface area contributed by atoms with Gasteiger partial charge >= 0.3 is 5.97 Å². The molecule has 1 aromatic heterocycles. The molecule has 0 saturated carbocycles. The van der Waals surface area contributed by atoms with Crippen LogP contribution in [0.2, 0.25) is 0 Å². The number of aromatic amines is 1. The molecule has 0 radical (unpaired) electrons. The predicted molar refractivity (Wildman–Crippen MR) is 159 cm³/mol. The predicted octanol–water partition coefficient (Wildman–Crippen LogP) is 6.49. The van der Waals surface area contributed by atoms with E-state index in [1.165, 1.54) is 0 Å². The molecule has 0 amide bonds. The molecule has 4 rings (SSSR count). The van der Waals surface area contributed by atoms with Gasteiger partial charge in [-0.2, -0.15) is 0 Å². The van der Waals surface area contributed by atoms with Gasteiger partial charge in [0.25, 0.3) is 0 Å². The van der Waals surface area contributed by atoms with Crippen molar-refractivity contribution >= 4 is 69.0 Å². The molecule has 8 nitrogen and oxygen atoms in total. The lowest BCUT2D eigenvalue weighted by Crippen LogP contribution is -2.01. The van der Waals surface area contributed by atoms with Crippen LogP contribution in [-0.4, -0.2) is 40.5 Å². The maximum atomic E-state index is 12.2. The van der Waals surface area contributed by atoms with E-state index < -0.39 is 5.97 Å². The highest BCUT2D eigenvalue weighted by Crippen LogP contribution is 2.35. The molecule has 37 heavy (non-hydrogen) atoms. The Morgan fingerprint density at radius 1 is 1.05 bits per heavy atom. The summed E-state index contributed by atoms with van der Waals surface area (Å²) in [4.78, 5) is 16.7. The number of benzene rings is 3. The van der Waals surface area contributed by atoms with Crippen LogP contribution in [0.1, 0.15) is 11.1 Å². The van der Waals surface area contributed by atoms with Gasteiger partial charge in [-0.1, -0.05) is 30.3 Å². The summed E-state index contributed by atoms with van der Waals surface area (Å²) in [5.74, 6) is 1.18. The number of hydrogen-bond donors (Lipinski definition) is 2. The molecule has 0 atom stereocenters. The molecule has 3 aromatic carbocycles. The molecule has 0 unspecified atom stereocenters. The third-order valence-corrected chi connectivity index (χ3v) is 7.35. The number of nitrogens with zero attached hydrogens (tertiary/aromatic N) is 2. The van der Waals surface area contributed by atoms with Crippen LogP contribution < -0.4 is 14.2 Å². The monoisotopic (exact) mass is 741 g/mol. The van der Waals surface area contributed by atoms with Crippen LogP contribution in [0, 0.1) is 7.14 Å². The topological polar surface area (TPSA) is 107 Å². The highest BCUT2D eigenvalue weighted by atomic mass is 127. The lowest BCUT2D eigenvalue weighted by atomic mass is 10.2. The number of hydrogen-bond acceptors (Lipinski definition) is 7. The first-order chi connectivity index (χ1) is 17.9. The number of nitrogens with one attached hydrogen (secondary N) is 1. The standard InChI is InChI=1S/C26H21I2N3O5S/c1-34-19-9-17(10-20(13-19)35-2)24-29-26(31-30-24)37-22(25(32)33)11-16-8-18(27)12-21(28)23(16)36-14-15-6-4-3-5-7-15/h3-13H,14H2,1-2H3,(H,32,33)(H,29,30,31)/b22-11-. The Morgan fingerprint density at radius 2 is 1.76 bits per heavy atom. The fraction of sp³-hybridized carbons (Fsp3) is 0.115. The van der Waals surface area contributed by atoms with E-state index in [0.29, 0.717) is 40.8 Å². The van der Waals surface area contributed by atoms with Crippen LogP contribution in [0.25, 0.3) is 17.5 Å². The molecule has 1 heterocycles. The molecular weight excluding hydrogens is 720 g/mol. The van der Waals surface area contributed by atoms with Crippen molar-refractivity contribution in [1.29, 1.82) is 0 Å². The largest absolute Gasteiger partial charge is 0.497 e. The van der Waals surface area contributed by atoms with E-state index in [0.717, 1.165) is 24.5 Å². The van der Waals surface area contributed by atoms with Gasteiger partial charge in [0.15, 0.2) is 5.82 Å². The van der Waals surface area contributed by atoms with Gasteiger partial charge in [0.1, 0.15) is 28.8 Å². The summed E-state index contributed by atoms with van der Waals surface area (Å²) in [7, 11) is 3.13. The second kappa shape index (κ2) is 12.6. The first-order valence-electron chi connectivity index (χ1n) is 10.8. The van der Waals surface area contributed by atoms with Crippen molar-refractivity contribution < 1.29 is 24.1 Å². The normalized spacial score (nSPS) is 11.3. The fourth-order valence-corrected chi connectivity index (χ4v) is 6.05. The molecule has 4 aromatic rings. The van der Waals surface area contributed by atoms with Gasteiger partial charge < -0.3 is 19.3 Å². The second-order valence-electron chi connectivity index (χ2n) is 7.56. The molecule has 0 aliphatic rings. The van der Waals surface area contributed by atoms with Crippen LogP contribution in [0.3, 0.4) is 0 Å². The highest BCUT2D eigenvalue weighted by molar-refractivity contribution is 14.1. The van der Waals surface area contributed by atoms with Crippen molar-refractivity contribution in [3.8, 4) is 28.6 Å². The number of carbonyl (C=O) groups is 1. The van der Waals surface area contributed by atoms with Crippen molar-refractivity contribution in [3.05, 3.63) is 83.8 Å². The minimum Gasteiger partial charge on any atom is -0.497 e. The Hall–Kier alpha value is -2.78. The highest BCUT2D eigenvalue weighted by Gasteiger charge is 2.18. The Labute approximate surface area is 245 Å². The van der Waals surface area contributed by atoms with Crippen LogP contribution in [0.15, 0.2) is 70.7 Å². The van der Waals surface area contributed by atoms with Crippen LogP contribution in [0.5, 0.6) is 17.2 Å². The van der Waals surface area contributed by atoms with E-state index in [9.17, 15) is 9.90 Å².